The highest BCUT2D eigenvalue weighted by molar-refractivity contribution is 8.08. The molecule has 0 spiro atoms. The van der Waals surface area contributed by atoms with Gasteiger partial charge in [-0.05, 0) is 36.1 Å². The minimum absolute atomic E-state index is 1.16. The molecule has 0 bridgehead atoms. The van der Waals surface area contributed by atoms with Gasteiger partial charge in [0.2, 0.25) is 0 Å². The van der Waals surface area contributed by atoms with Gasteiger partial charge in [-0.1, -0.05) is 60.3 Å². The molecule has 1 aliphatic rings. The van der Waals surface area contributed by atoms with E-state index in [9.17, 15) is 0 Å². The summed E-state index contributed by atoms with van der Waals surface area (Å²) in [5, 5.41) is 0. The van der Waals surface area contributed by atoms with Crippen LogP contribution in [0.2, 0.25) is 0 Å². The minimum atomic E-state index is 1.16. The molecule has 0 amide bonds. The van der Waals surface area contributed by atoms with Crippen molar-refractivity contribution in [2.75, 3.05) is 0 Å². The van der Waals surface area contributed by atoms with Crippen molar-refractivity contribution in [1.82, 2.24) is 0 Å². The fourth-order valence-electron chi connectivity index (χ4n) is 2.16. The van der Waals surface area contributed by atoms with Crippen molar-refractivity contribution in [2.45, 2.75) is 17.7 Å². The van der Waals surface area contributed by atoms with Crippen LogP contribution >= 0.6 is 11.8 Å². The number of hydrogen-bond donors (Lipinski definition) is 0. The molecule has 0 atom stereocenters. The molecule has 0 unspecified atom stereocenters. The molecule has 1 aliphatic carbocycles. The normalized spacial score (nSPS) is 14.0. The van der Waals surface area contributed by atoms with Crippen LogP contribution in [0.25, 0.3) is 4.91 Å². The van der Waals surface area contributed by atoms with Gasteiger partial charge in [-0.3, -0.25) is 0 Å². The van der Waals surface area contributed by atoms with Crippen LogP contribution in [0.3, 0.4) is 0 Å². The third kappa shape index (κ3) is 2.29. The number of allylic oxidation sites excluding steroid dienone is 1. The van der Waals surface area contributed by atoms with E-state index >= 15 is 0 Å². The van der Waals surface area contributed by atoms with Gasteiger partial charge in [0.15, 0.2) is 0 Å². The van der Waals surface area contributed by atoms with E-state index in [0.29, 0.717) is 0 Å². The Morgan fingerprint density at radius 1 is 0.824 bits per heavy atom. The van der Waals surface area contributed by atoms with E-state index in [1.807, 2.05) is 11.8 Å². The third-order valence-corrected chi connectivity index (χ3v) is 4.11. The number of aryl methyl sites for hydroxylation is 1. The van der Waals surface area contributed by atoms with Crippen molar-refractivity contribution in [3.8, 4) is 0 Å². The van der Waals surface area contributed by atoms with Crippen molar-refractivity contribution in [2.24, 2.45) is 0 Å². The second kappa shape index (κ2) is 4.80. The van der Waals surface area contributed by atoms with Gasteiger partial charge in [-0.15, -0.1) is 0 Å². The second-order valence-corrected chi connectivity index (χ2v) is 5.29. The largest absolute Gasteiger partial charge is 0.0898 e. The summed E-state index contributed by atoms with van der Waals surface area (Å²) in [6.45, 7) is 0. The van der Waals surface area contributed by atoms with Gasteiger partial charge in [0.1, 0.15) is 0 Å². The zero-order valence-electron chi connectivity index (χ0n) is 9.60. The van der Waals surface area contributed by atoms with E-state index in [0.717, 1.165) is 6.42 Å². The molecular weight excluding hydrogens is 224 g/mol. The Morgan fingerprint density at radius 3 is 2.47 bits per heavy atom. The van der Waals surface area contributed by atoms with Crippen LogP contribution in [-0.4, -0.2) is 0 Å². The standard InChI is InChI=1S/C16H14S/c1-2-9-14(10-3-1)17-16-12-6-8-13-7-4-5-11-15(13)16/h1-5,7,9-12H,6,8H2. The lowest BCUT2D eigenvalue weighted by Crippen LogP contribution is -1.97. The maximum absolute atomic E-state index is 2.36. The lowest BCUT2D eigenvalue weighted by atomic mass is 9.97. The first-order valence-electron chi connectivity index (χ1n) is 5.95. The molecular formula is C16H14S. The quantitative estimate of drug-likeness (QED) is 0.726. The average molecular weight is 238 g/mol. The smallest absolute Gasteiger partial charge is 0.0157 e. The first-order chi connectivity index (χ1) is 8.43. The number of hydrogen-bond acceptors (Lipinski definition) is 1. The van der Waals surface area contributed by atoms with Crippen LogP contribution < -0.4 is 0 Å². The Kier molecular flexibility index (Phi) is 3.02. The predicted molar refractivity (Wildman–Crippen MR) is 75.0 cm³/mol. The lowest BCUT2D eigenvalue weighted by molar-refractivity contribution is 0.983. The molecule has 0 heterocycles. The maximum atomic E-state index is 2.36. The Labute approximate surface area is 106 Å². The van der Waals surface area contributed by atoms with Crippen LogP contribution in [0, 0.1) is 0 Å². The van der Waals surface area contributed by atoms with Crippen molar-refractivity contribution in [3.05, 3.63) is 71.8 Å². The summed E-state index contributed by atoms with van der Waals surface area (Å²) in [6, 6.07) is 19.3. The summed E-state index contributed by atoms with van der Waals surface area (Å²) >= 11 is 1.87. The molecule has 0 radical (unpaired) electrons. The van der Waals surface area contributed by atoms with Gasteiger partial charge in [-0.25, -0.2) is 0 Å². The van der Waals surface area contributed by atoms with Gasteiger partial charge in [0, 0.05) is 9.80 Å². The molecule has 0 aliphatic heterocycles. The van der Waals surface area contributed by atoms with Gasteiger partial charge in [0.25, 0.3) is 0 Å². The fraction of sp³-hybridized carbons (Fsp3) is 0.125. The van der Waals surface area contributed by atoms with Gasteiger partial charge < -0.3 is 0 Å². The summed E-state index contributed by atoms with van der Waals surface area (Å²) in [5.74, 6) is 0. The SMILES string of the molecule is C1=C(Sc2ccccc2)c2ccccc2CC1. The summed E-state index contributed by atoms with van der Waals surface area (Å²) in [6.07, 6.45) is 4.70. The number of benzene rings is 2. The van der Waals surface area contributed by atoms with Crippen LogP contribution in [0.1, 0.15) is 17.5 Å². The summed E-state index contributed by atoms with van der Waals surface area (Å²) in [4.78, 5) is 2.72. The summed E-state index contributed by atoms with van der Waals surface area (Å²) in [5.41, 5.74) is 2.89. The Hall–Kier alpha value is -1.47. The minimum Gasteiger partial charge on any atom is -0.0898 e. The highest BCUT2D eigenvalue weighted by atomic mass is 32.2. The van der Waals surface area contributed by atoms with E-state index in [-0.39, 0.29) is 0 Å². The molecule has 0 fully saturated rings. The molecule has 2 aromatic carbocycles. The van der Waals surface area contributed by atoms with Gasteiger partial charge in [0.05, 0.1) is 0 Å². The van der Waals surface area contributed by atoms with Gasteiger partial charge >= 0.3 is 0 Å². The van der Waals surface area contributed by atoms with Crippen LogP contribution in [0.4, 0.5) is 0 Å². The zero-order chi connectivity index (χ0) is 11.5. The topological polar surface area (TPSA) is 0 Å². The molecule has 17 heavy (non-hydrogen) atoms. The highest BCUT2D eigenvalue weighted by Crippen LogP contribution is 2.38. The van der Waals surface area contributed by atoms with Crippen LogP contribution in [-0.2, 0) is 6.42 Å². The molecule has 1 heteroatoms. The molecule has 3 rings (SSSR count). The van der Waals surface area contributed by atoms with Crippen molar-refractivity contribution < 1.29 is 0 Å². The van der Waals surface area contributed by atoms with Crippen molar-refractivity contribution in [1.29, 1.82) is 0 Å². The van der Waals surface area contributed by atoms with E-state index in [2.05, 4.69) is 60.7 Å². The Balaban J connectivity index is 1.92. The highest BCUT2D eigenvalue weighted by Gasteiger charge is 2.12. The molecule has 2 aromatic rings. The van der Waals surface area contributed by atoms with Crippen LogP contribution in [0.5, 0.6) is 0 Å². The van der Waals surface area contributed by atoms with Crippen molar-refractivity contribution >= 4 is 16.7 Å². The first kappa shape index (κ1) is 10.7. The summed E-state index contributed by atoms with van der Waals surface area (Å²) < 4.78 is 0. The maximum Gasteiger partial charge on any atom is 0.0157 e. The predicted octanol–water partition coefficient (Wildman–Crippen LogP) is 4.77. The zero-order valence-corrected chi connectivity index (χ0v) is 10.4. The first-order valence-corrected chi connectivity index (χ1v) is 6.76. The van der Waals surface area contributed by atoms with E-state index in [1.165, 1.54) is 27.3 Å². The number of rotatable bonds is 2. The lowest BCUT2D eigenvalue weighted by Gasteiger charge is -2.17. The van der Waals surface area contributed by atoms with Gasteiger partial charge in [-0.2, -0.15) is 0 Å². The second-order valence-electron chi connectivity index (χ2n) is 4.18. The molecule has 0 aromatic heterocycles. The Bertz CT molecular complexity index is 540. The molecule has 0 N–H and O–H groups in total. The third-order valence-electron chi connectivity index (χ3n) is 3.00. The number of thioether (sulfide) groups is 1. The molecule has 0 nitrogen and oxygen atoms in total. The van der Waals surface area contributed by atoms with E-state index in [1.54, 1.807) is 0 Å². The monoisotopic (exact) mass is 238 g/mol. The molecule has 0 saturated carbocycles. The summed E-state index contributed by atoms with van der Waals surface area (Å²) in [7, 11) is 0. The number of fused-ring (bicyclic) bond motifs is 1. The Morgan fingerprint density at radius 2 is 1.59 bits per heavy atom. The van der Waals surface area contributed by atoms with E-state index < -0.39 is 0 Å². The molecule has 84 valence electrons. The van der Waals surface area contributed by atoms with Crippen molar-refractivity contribution in [3.63, 3.8) is 0 Å². The van der Waals surface area contributed by atoms with Crippen LogP contribution in [0.15, 0.2) is 65.6 Å². The fourth-order valence-corrected chi connectivity index (χ4v) is 3.22. The van der Waals surface area contributed by atoms with E-state index in [4.69, 9.17) is 0 Å². The average Bonchev–Trinajstić information content (AvgIpc) is 2.40. The molecule has 0 saturated heterocycles.